The zero-order valence-electron chi connectivity index (χ0n) is 23.1. The third-order valence-corrected chi connectivity index (χ3v) is 6.17. The minimum atomic E-state index is -1.24. The third kappa shape index (κ3) is 8.20. The summed E-state index contributed by atoms with van der Waals surface area (Å²) >= 11 is 0. The average Bonchev–Trinajstić information content (AvgIpc) is 3.17. The van der Waals surface area contributed by atoms with Gasteiger partial charge in [0, 0.05) is 5.92 Å². The zero-order chi connectivity index (χ0) is 28.7. The first-order valence-electron chi connectivity index (χ1n) is 13.0. The van der Waals surface area contributed by atoms with Crippen molar-refractivity contribution in [1.29, 1.82) is 0 Å². The topological polar surface area (TPSA) is 149 Å². The maximum atomic E-state index is 13.0. The zero-order valence-corrected chi connectivity index (χ0v) is 23.1. The van der Waals surface area contributed by atoms with Crippen LogP contribution in [0, 0.1) is 5.92 Å². The highest BCUT2D eigenvalue weighted by Crippen LogP contribution is 2.44. The van der Waals surface area contributed by atoms with Crippen molar-refractivity contribution in [2.45, 2.75) is 64.6 Å². The molecule has 10 heteroatoms. The molecule has 4 amide bonds. The van der Waals surface area contributed by atoms with Crippen molar-refractivity contribution >= 4 is 24.0 Å². The van der Waals surface area contributed by atoms with Crippen LogP contribution >= 0.6 is 0 Å². The van der Waals surface area contributed by atoms with Gasteiger partial charge in [-0.05, 0) is 55.4 Å². The lowest BCUT2D eigenvalue weighted by Gasteiger charge is -2.25. The van der Waals surface area contributed by atoms with Crippen molar-refractivity contribution < 1.29 is 28.7 Å². The molecule has 0 radical (unpaired) electrons. The van der Waals surface area contributed by atoms with E-state index in [0.29, 0.717) is 6.42 Å². The Balaban J connectivity index is 1.65. The molecule has 1 aliphatic carbocycles. The molecule has 0 unspecified atom stereocenters. The summed E-state index contributed by atoms with van der Waals surface area (Å²) in [4.78, 5) is 49.9. The summed E-state index contributed by atoms with van der Waals surface area (Å²) in [6.07, 6.45) is -1.29. The van der Waals surface area contributed by atoms with E-state index in [1.807, 2.05) is 62.4 Å². The summed E-state index contributed by atoms with van der Waals surface area (Å²) in [6, 6.07) is 13.8. The van der Waals surface area contributed by atoms with Gasteiger partial charge in [-0.25, -0.2) is 9.59 Å². The first-order chi connectivity index (χ1) is 18.4. The Kier molecular flexibility index (Phi) is 9.56. The summed E-state index contributed by atoms with van der Waals surface area (Å²) in [5.41, 5.74) is 8.99. The Bertz CT molecular complexity index is 1160. The van der Waals surface area contributed by atoms with Gasteiger partial charge in [-0.2, -0.15) is 0 Å². The van der Waals surface area contributed by atoms with E-state index in [4.69, 9.17) is 15.2 Å². The molecule has 2 aromatic rings. The van der Waals surface area contributed by atoms with Crippen molar-refractivity contribution in [3.05, 3.63) is 59.7 Å². The molecular weight excluding hydrogens is 500 g/mol. The van der Waals surface area contributed by atoms with E-state index in [1.54, 1.807) is 20.8 Å². The Labute approximate surface area is 229 Å². The van der Waals surface area contributed by atoms with Crippen LogP contribution in [0.1, 0.15) is 58.1 Å². The predicted octanol–water partition coefficient (Wildman–Crippen LogP) is 3.43. The number of nitrogens with two attached hydrogens (primary N) is 1. The molecule has 0 bridgehead atoms. The Morgan fingerprint density at radius 2 is 1.44 bits per heavy atom. The lowest BCUT2D eigenvalue weighted by molar-refractivity contribution is -0.128. The molecule has 0 fully saturated rings. The number of carbonyl (C=O) groups is 4. The van der Waals surface area contributed by atoms with Crippen LogP contribution in [0.25, 0.3) is 11.1 Å². The maximum Gasteiger partial charge on any atom is 0.408 e. The third-order valence-electron chi connectivity index (χ3n) is 6.17. The summed E-state index contributed by atoms with van der Waals surface area (Å²) in [5.74, 6) is -1.43. The van der Waals surface area contributed by atoms with Crippen LogP contribution in [-0.4, -0.2) is 54.8 Å². The molecule has 0 saturated carbocycles. The molecule has 5 N–H and O–H groups in total. The van der Waals surface area contributed by atoms with Crippen molar-refractivity contribution in [1.82, 2.24) is 16.0 Å². The molecule has 39 heavy (non-hydrogen) atoms. The van der Waals surface area contributed by atoms with Crippen LogP contribution < -0.4 is 21.7 Å². The van der Waals surface area contributed by atoms with Gasteiger partial charge in [0.2, 0.25) is 11.8 Å². The van der Waals surface area contributed by atoms with Crippen molar-refractivity contribution in [2.24, 2.45) is 11.7 Å². The van der Waals surface area contributed by atoms with Gasteiger partial charge in [0.1, 0.15) is 24.3 Å². The van der Waals surface area contributed by atoms with Gasteiger partial charge in [0.15, 0.2) is 0 Å². The van der Waals surface area contributed by atoms with Crippen LogP contribution in [0.5, 0.6) is 0 Å². The summed E-state index contributed by atoms with van der Waals surface area (Å²) < 4.78 is 10.8. The molecule has 2 aromatic carbocycles. The molecule has 10 nitrogen and oxygen atoms in total. The molecule has 0 spiro atoms. The first-order valence-corrected chi connectivity index (χ1v) is 13.0. The Hall–Kier alpha value is -4.08. The van der Waals surface area contributed by atoms with Crippen LogP contribution in [0.3, 0.4) is 0 Å². The van der Waals surface area contributed by atoms with Crippen molar-refractivity contribution in [3.8, 4) is 11.1 Å². The van der Waals surface area contributed by atoms with Crippen LogP contribution in [0.15, 0.2) is 48.5 Å². The molecule has 3 rings (SSSR count). The summed E-state index contributed by atoms with van der Waals surface area (Å²) in [7, 11) is 0. The normalized spacial score (nSPS) is 14.0. The summed E-state index contributed by atoms with van der Waals surface area (Å²) in [5, 5.41) is 7.56. The summed E-state index contributed by atoms with van der Waals surface area (Å²) in [6.45, 7) is 8.62. The van der Waals surface area contributed by atoms with E-state index in [9.17, 15) is 19.2 Å². The number of carbonyl (C=O) groups excluding carboxylic acids is 4. The number of fused-ring (bicyclic) bond motifs is 3. The molecule has 1 aliphatic rings. The highest BCUT2D eigenvalue weighted by atomic mass is 16.6. The van der Waals surface area contributed by atoms with E-state index in [0.717, 1.165) is 22.3 Å². The fourth-order valence-corrected chi connectivity index (χ4v) is 4.48. The number of hydrogen-bond donors (Lipinski definition) is 4. The van der Waals surface area contributed by atoms with Gasteiger partial charge in [-0.15, -0.1) is 0 Å². The van der Waals surface area contributed by atoms with Gasteiger partial charge >= 0.3 is 12.2 Å². The molecular formula is C29H38N4O6. The fraction of sp³-hybridized carbons (Fsp3) is 0.448. The smallest absolute Gasteiger partial charge is 0.408 e. The second kappa shape index (κ2) is 12.6. The molecule has 0 aromatic heterocycles. The lowest BCUT2D eigenvalue weighted by atomic mass is 9.98. The molecule has 0 heterocycles. The fourth-order valence-electron chi connectivity index (χ4n) is 4.48. The van der Waals surface area contributed by atoms with Crippen LogP contribution in [0.4, 0.5) is 9.59 Å². The molecule has 2 atom stereocenters. The second-order valence-electron chi connectivity index (χ2n) is 11.0. The molecule has 0 saturated heterocycles. The lowest BCUT2D eigenvalue weighted by Crippen LogP contribution is -2.57. The van der Waals surface area contributed by atoms with Crippen molar-refractivity contribution in [3.63, 3.8) is 0 Å². The van der Waals surface area contributed by atoms with Crippen molar-refractivity contribution in [2.75, 3.05) is 13.2 Å². The minimum Gasteiger partial charge on any atom is -0.449 e. The Morgan fingerprint density at radius 3 is 1.95 bits per heavy atom. The van der Waals surface area contributed by atoms with E-state index in [-0.39, 0.29) is 25.0 Å². The van der Waals surface area contributed by atoms with Gasteiger partial charge in [0.05, 0.1) is 6.54 Å². The van der Waals surface area contributed by atoms with Gasteiger partial charge in [-0.1, -0.05) is 62.4 Å². The van der Waals surface area contributed by atoms with Gasteiger partial charge in [-0.3, -0.25) is 9.59 Å². The SMILES string of the molecule is CC(C)C[C@H](NC(=O)[C@H](CNC(=O)OCC1c2ccccc2-c2ccccc21)NC(=O)OC(C)(C)C)C(N)=O. The number of benzene rings is 2. The maximum absolute atomic E-state index is 13.0. The first kappa shape index (κ1) is 29.5. The number of hydrogen-bond acceptors (Lipinski definition) is 6. The highest BCUT2D eigenvalue weighted by Gasteiger charge is 2.31. The monoisotopic (exact) mass is 538 g/mol. The minimum absolute atomic E-state index is 0.0824. The van der Waals surface area contributed by atoms with E-state index < -0.39 is 41.7 Å². The second-order valence-corrected chi connectivity index (χ2v) is 11.0. The number of nitrogens with one attached hydrogen (secondary N) is 3. The highest BCUT2D eigenvalue weighted by molar-refractivity contribution is 5.91. The number of alkyl carbamates (subject to hydrolysis) is 2. The standard InChI is InChI=1S/C29H38N4O6/c1-17(2)14-23(25(30)34)32-26(35)24(33-28(37)39-29(3,4)5)15-31-27(36)38-16-22-20-12-8-6-10-18(20)19-11-7-9-13-21(19)22/h6-13,17,22-24H,14-16H2,1-5H3,(H2,30,34)(H,31,36)(H,32,35)(H,33,37)/t23-,24-/m0/s1. The van der Waals surface area contributed by atoms with Gasteiger partial charge in [0.25, 0.3) is 0 Å². The number of rotatable bonds is 10. The van der Waals surface area contributed by atoms with E-state index in [1.165, 1.54) is 0 Å². The predicted molar refractivity (Wildman–Crippen MR) is 147 cm³/mol. The van der Waals surface area contributed by atoms with Crippen LogP contribution in [-0.2, 0) is 19.1 Å². The Morgan fingerprint density at radius 1 is 0.872 bits per heavy atom. The van der Waals surface area contributed by atoms with E-state index in [2.05, 4.69) is 16.0 Å². The average molecular weight is 539 g/mol. The van der Waals surface area contributed by atoms with Gasteiger partial charge < -0.3 is 31.2 Å². The number of ether oxygens (including phenoxy) is 2. The molecule has 0 aliphatic heterocycles. The van der Waals surface area contributed by atoms with E-state index >= 15 is 0 Å². The number of primary amides is 1. The number of amides is 4. The largest absolute Gasteiger partial charge is 0.449 e. The molecule has 210 valence electrons. The van der Waals surface area contributed by atoms with Crippen LogP contribution in [0.2, 0.25) is 0 Å². The quantitative estimate of drug-likeness (QED) is 0.364.